The van der Waals surface area contributed by atoms with Crippen molar-refractivity contribution < 1.29 is 11.3 Å². The zero-order valence-corrected chi connectivity index (χ0v) is 27.5. The summed E-state index contributed by atoms with van der Waals surface area (Å²) >= 11 is 0. The molecule has 0 unspecified atom stereocenters. The molecule has 0 saturated heterocycles. The lowest BCUT2D eigenvalue weighted by Crippen LogP contribution is -1.93. The van der Waals surface area contributed by atoms with Crippen LogP contribution in [-0.4, -0.2) is 0 Å². The SMILES string of the molecule is [2H]c1c([2H])c([2H])c(-c2cccc3c2oc2cccc(-c4c5ccc(-c6ccccc6)cc5c(-c5ccccc5)c5cc(-c6ccccc6)ccc45)c23)c([2H])c1[2H]. The third-order valence-electron chi connectivity index (χ3n) is 9.95. The van der Waals surface area contributed by atoms with Crippen molar-refractivity contribution in [2.45, 2.75) is 0 Å². The molecule has 0 N–H and O–H groups in total. The first kappa shape index (κ1) is 24.4. The van der Waals surface area contributed by atoms with E-state index >= 15 is 0 Å². The first-order valence-electron chi connectivity index (χ1n) is 19.6. The molecule has 1 nitrogen and oxygen atoms in total. The maximum atomic E-state index is 8.78. The summed E-state index contributed by atoms with van der Waals surface area (Å²) in [6.07, 6.45) is 0. The summed E-state index contributed by atoms with van der Waals surface area (Å²) in [4.78, 5) is 0. The van der Waals surface area contributed by atoms with Crippen LogP contribution in [0.3, 0.4) is 0 Å². The molecule has 0 aliphatic carbocycles. The van der Waals surface area contributed by atoms with Gasteiger partial charge in [0.15, 0.2) is 0 Å². The summed E-state index contributed by atoms with van der Waals surface area (Å²) in [5, 5.41) is 6.12. The summed E-state index contributed by atoms with van der Waals surface area (Å²) in [5.41, 5.74) is 10.5. The van der Waals surface area contributed by atoms with Crippen LogP contribution in [0, 0.1) is 0 Å². The first-order chi connectivity index (χ1) is 27.4. The number of rotatable bonds is 5. The normalized spacial score (nSPS) is 12.9. The van der Waals surface area contributed by atoms with E-state index in [1.807, 2.05) is 36.4 Å². The molecule has 0 bridgehead atoms. The highest BCUT2D eigenvalue weighted by Crippen LogP contribution is 2.49. The van der Waals surface area contributed by atoms with Crippen LogP contribution < -0.4 is 0 Å². The molecule has 0 aliphatic heterocycles. The second kappa shape index (κ2) is 12.0. The van der Waals surface area contributed by atoms with Crippen LogP contribution >= 0.6 is 0 Å². The quantitative estimate of drug-likeness (QED) is 0.169. The van der Waals surface area contributed by atoms with Gasteiger partial charge in [0.1, 0.15) is 11.2 Å². The van der Waals surface area contributed by atoms with Crippen LogP contribution in [0.15, 0.2) is 198 Å². The van der Waals surface area contributed by atoms with E-state index in [2.05, 4.69) is 121 Å². The highest BCUT2D eigenvalue weighted by Gasteiger charge is 2.22. The lowest BCUT2D eigenvalue weighted by atomic mass is 9.83. The van der Waals surface area contributed by atoms with Gasteiger partial charge in [0.25, 0.3) is 0 Å². The smallest absolute Gasteiger partial charge is 0.143 e. The van der Waals surface area contributed by atoms with E-state index < -0.39 is 6.04 Å². The van der Waals surface area contributed by atoms with E-state index in [1.165, 1.54) is 0 Å². The number of hydrogen-bond donors (Lipinski definition) is 0. The Bertz CT molecular complexity index is 3040. The standard InChI is InChI=1S/C50H32O/c1-5-15-33(16-6-1)37-27-29-40-44(31-37)47(36-21-11-4-12-22-36)45-32-38(34-17-7-2-8-18-34)28-30-41(45)48(40)42-24-14-26-46-49(42)43-25-13-23-39(50(43)51-46)35-19-9-3-10-20-35/h1-32H/i3D,9D,10D,19D,20D. The Balaban J connectivity index is 1.35. The molecule has 0 atom stereocenters. The Hall–Kier alpha value is -6.70. The van der Waals surface area contributed by atoms with E-state index in [0.717, 1.165) is 76.8 Å². The molecule has 1 heterocycles. The van der Waals surface area contributed by atoms with Crippen LogP contribution in [0.2, 0.25) is 0 Å². The first-order valence-corrected chi connectivity index (χ1v) is 17.1. The van der Waals surface area contributed by atoms with Gasteiger partial charge in [-0.15, -0.1) is 0 Å². The molecule has 1 aromatic heterocycles. The fourth-order valence-electron chi connectivity index (χ4n) is 7.69. The van der Waals surface area contributed by atoms with E-state index in [0.29, 0.717) is 16.7 Å². The molecular weight excluding hydrogens is 617 g/mol. The van der Waals surface area contributed by atoms with E-state index in [4.69, 9.17) is 11.3 Å². The third kappa shape index (κ3) is 4.86. The molecule has 0 spiro atoms. The molecule has 238 valence electrons. The molecule has 9 aromatic carbocycles. The van der Waals surface area contributed by atoms with E-state index in [-0.39, 0.29) is 29.7 Å². The van der Waals surface area contributed by atoms with Crippen molar-refractivity contribution in [1.82, 2.24) is 0 Å². The van der Waals surface area contributed by atoms with Crippen molar-refractivity contribution in [3.8, 4) is 55.6 Å². The molecule has 0 amide bonds. The number of benzene rings is 9. The lowest BCUT2D eigenvalue weighted by Gasteiger charge is -2.20. The van der Waals surface area contributed by atoms with Crippen LogP contribution in [0.25, 0.3) is 99.1 Å². The van der Waals surface area contributed by atoms with Gasteiger partial charge in [-0.3, -0.25) is 0 Å². The minimum Gasteiger partial charge on any atom is -0.455 e. The summed E-state index contributed by atoms with van der Waals surface area (Å²) in [6.45, 7) is 0. The Kier molecular flexibility index (Phi) is 5.76. The van der Waals surface area contributed by atoms with Crippen LogP contribution in [0.4, 0.5) is 0 Å². The molecule has 0 radical (unpaired) electrons. The number of fused-ring (bicyclic) bond motifs is 5. The van der Waals surface area contributed by atoms with Crippen molar-refractivity contribution in [1.29, 1.82) is 0 Å². The predicted octanol–water partition coefficient (Wildman–Crippen LogP) is 14.2. The maximum Gasteiger partial charge on any atom is 0.143 e. The van der Waals surface area contributed by atoms with Crippen molar-refractivity contribution >= 4 is 43.5 Å². The number of furan rings is 1. The maximum absolute atomic E-state index is 8.78. The molecule has 10 aromatic rings. The van der Waals surface area contributed by atoms with Crippen LogP contribution in [0.1, 0.15) is 6.85 Å². The molecule has 0 saturated carbocycles. The van der Waals surface area contributed by atoms with Gasteiger partial charge in [0.05, 0.1) is 6.85 Å². The number of hydrogen-bond acceptors (Lipinski definition) is 1. The summed E-state index contributed by atoms with van der Waals surface area (Å²) in [7, 11) is 0. The van der Waals surface area contributed by atoms with Gasteiger partial charge in [0, 0.05) is 16.3 Å². The van der Waals surface area contributed by atoms with Crippen molar-refractivity contribution in [2.75, 3.05) is 0 Å². The minimum absolute atomic E-state index is 0.118. The van der Waals surface area contributed by atoms with Crippen LogP contribution in [0.5, 0.6) is 0 Å². The zero-order chi connectivity index (χ0) is 38.1. The monoisotopic (exact) mass is 653 g/mol. The molecule has 0 fully saturated rings. The fraction of sp³-hybridized carbons (Fsp3) is 0. The fourth-order valence-corrected chi connectivity index (χ4v) is 7.69. The van der Waals surface area contributed by atoms with Crippen molar-refractivity contribution in [3.05, 3.63) is 194 Å². The zero-order valence-electron chi connectivity index (χ0n) is 32.5. The van der Waals surface area contributed by atoms with Gasteiger partial charge in [-0.2, -0.15) is 0 Å². The highest BCUT2D eigenvalue weighted by atomic mass is 16.3. The third-order valence-corrected chi connectivity index (χ3v) is 9.95. The Morgan fingerprint density at radius 3 is 1.51 bits per heavy atom. The van der Waals surface area contributed by atoms with Gasteiger partial charge in [0.2, 0.25) is 0 Å². The topological polar surface area (TPSA) is 13.1 Å². The Morgan fingerprint density at radius 1 is 0.353 bits per heavy atom. The van der Waals surface area contributed by atoms with Gasteiger partial charge in [-0.25, -0.2) is 0 Å². The van der Waals surface area contributed by atoms with Gasteiger partial charge in [-0.05, 0) is 89.8 Å². The Labute approximate surface area is 303 Å². The second-order valence-corrected chi connectivity index (χ2v) is 12.8. The summed E-state index contributed by atoms with van der Waals surface area (Å²) < 4.78 is 49.1. The molecule has 10 rings (SSSR count). The van der Waals surface area contributed by atoms with E-state index in [1.54, 1.807) is 6.07 Å². The van der Waals surface area contributed by atoms with Crippen molar-refractivity contribution in [3.63, 3.8) is 0 Å². The molecular formula is C50H32O. The van der Waals surface area contributed by atoms with E-state index in [9.17, 15) is 0 Å². The summed E-state index contributed by atoms with van der Waals surface area (Å²) in [5.74, 6) is 0. The Morgan fingerprint density at radius 2 is 0.902 bits per heavy atom. The predicted molar refractivity (Wildman–Crippen MR) is 216 cm³/mol. The van der Waals surface area contributed by atoms with Gasteiger partial charge in [-0.1, -0.05) is 176 Å². The minimum atomic E-state index is -0.425. The largest absolute Gasteiger partial charge is 0.455 e. The van der Waals surface area contributed by atoms with Gasteiger partial charge < -0.3 is 4.42 Å². The average molecular weight is 654 g/mol. The molecule has 0 aliphatic rings. The molecule has 51 heavy (non-hydrogen) atoms. The average Bonchev–Trinajstić information content (AvgIpc) is 3.65. The van der Waals surface area contributed by atoms with Crippen molar-refractivity contribution in [2.24, 2.45) is 0 Å². The van der Waals surface area contributed by atoms with Crippen LogP contribution in [-0.2, 0) is 0 Å². The second-order valence-electron chi connectivity index (χ2n) is 12.8. The lowest BCUT2D eigenvalue weighted by molar-refractivity contribution is 0.670. The summed E-state index contributed by atoms with van der Waals surface area (Å²) in [6, 6.07) is 55.0. The molecule has 1 heteroatoms. The van der Waals surface area contributed by atoms with Gasteiger partial charge >= 0.3 is 0 Å². The highest BCUT2D eigenvalue weighted by molar-refractivity contribution is 6.26. The number of para-hydroxylation sites is 1.